The molecule has 0 bridgehead atoms. The number of fused-ring (bicyclic) bond motifs is 5. The Morgan fingerprint density at radius 1 is 1.05 bits per heavy atom. The van der Waals surface area contributed by atoms with Crippen LogP contribution in [0.1, 0.15) is 88.0 Å². The number of hydrogen-bond donors (Lipinski definition) is 3. The average Bonchev–Trinajstić information content (AvgIpc) is 3.01. The predicted molar refractivity (Wildman–Crippen MR) is 148 cm³/mol. The molecule has 40 heavy (non-hydrogen) atoms. The molecule has 0 aromatic heterocycles. The average molecular weight is 559 g/mol. The molecule has 8 nitrogen and oxygen atoms in total. The van der Waals surface area contributed by atoms with Gasteiger partial charge in [0, 0.05) is 30.1 Å². The van der Waals surface area contributed by atoms with Crippen molar-refractivity contribution in [3.63, 3.8) is 0 Å². The Balaban J connectivity index is 1.75. The van der Waals surface area contributed by atoms with E-state index in [1.165, 1.54) is 26.0 Å². The van der Waals surface area contributed by atoms with Crippen LogP contribution in [-0.2, 0) is 23.9 Å². The van der Waals surface area contributed by atoms with Crippen molar-refractivity contribution in [3.05, 3.63) is 23.8 Å². The number of carbonyl (C=O) groups is 4. The molecule has 3 N–H and O–H groups in total. The van der Waals surface area contributed by atoms with Crippen LogP contribution in [0.4, 0.5) is 0 Å². The van der Waals surface area contributed by atoms with E-state index in [0.717, 1.165) is 5.57 Å². The first kappa shape index (κ1) is 30.8. The minimum atomic E-state index is -1.99. The number of aliphatic hydroxyl groups excluding tert-OH is 2. The maximum Gasteiger partial charge on any atom is 0.303 e. The van der Waals surface area contributed by atoms with Crippen LogP contribution in [0.15, 0.2) is 23.8 Å². The fraction of sp³-hybridized carbons (Fsp3) is 0.750. The molecule has 0 saturated heterocycles. The summed E-state index contributed by atoms with van der Waals surface area (Å²) in [5.74, 6) is -2.85. The molecule has 3 saturated carbocycles. The molecule has 4 aliphatic rings. The standard InChI is InChI=1S/C32H46O8/c1-17(33)40-27(2,3)13-12-23(36)32(9,39)25-21(35)15-29(6)22-11-10-18-19(14-20(34)26(38)28(18,4)5)31(22,8)24(37)16-30(25,29)7/h10,12-13,19-22,25,34-35,39H,11,14-16H2,1-9H3/b13-12-/t19-,20-,21+,22-,25+,29+,30-,31-,32-/m0/s1. The van der Waals surface area contributed by atoms with Crippen LogP contribution in [0.3, 0.4) is 0 Å². The quantitative estimate of drug-likeness (QED) is 0.265. The second kappa shape index (κ2) is 9.17. The van der Waals surface area contributed by atoms with E-state index in [4.69, 9.17) is 4.74 Å². The summed E-state index contributed by atoms with van der Waals surface area (Å²) in [5.41, 5.74) is -5.43. The SMILES string of the molecule is CC(=O)OC(C)(C)/C=C\C(=O)[C@](C)(O)[C@@H]1[C@H](O)C[C@]2(C)[C@@H]3CC=C4[C@H](C[C@H](O)C(=O)C4(C)C)[C@]3(C)C(=O)C[C@@]12C. The lowest BCUT2D eigenvalue weighted by Gasteiger charge is -2.64. The van der Waals surface area contributed by atoms with Crippen LogP contribution >= 0.6 is 0 Å². The number of carbonyl (C=O) groups excluding carboxylic acids is 4. The predicted octanol–water partition coefficient (Wildman–Crippen LogP) is 3.50. The van der Waals surface area contributed by atoms with Crippen LogP contribution in [0, 0.1) is 39.4 Å². The highest BCUT2D eigenvalue weighted by atomic mass is 16.6. The zero-order valence-corrected chi connectivity index (χ0v) is 25.3. The van der Waals surface area contributed by atoms with Gasteiger partial charge in [0.2, 0.25) is 0 Å². The number of ether oxygens (including phenoxy) is 1. The molecule has 0 heterocycles. The number of rotatable bonds is 5. The van der Waals surface area contributed by atoms with E-state index in [1.54, 1.807) is 13.8 Å². The molecular weight excluding hydrogens is 512 g/mol. The number of esters is 1. The van der Waals surface area contributed by atoms with Gasteiger partial charge >= 0.3 is 5.97 Å². The molecule has 0 aliphatic heterocycles. The summed E-state index contributed by atoms with van der Waals surface area (Å²) in [6.07, 6.45) is 3.55. The number of allylic oxidation sites excluding steroid dienone is 2. The normalized spacial score (nSPS) is 42.4. The van der Waals surface area contributed by atoms with Crippen molar-refractivity contribution in [1.82, 2.24) is 0 Å². The van der Waals surface area contributed by atoms with Crippen molar-refractivity contribution in [1.29, 1.82) is 0 Å². The lowest BCUT2D eigenvalue weighted by molar-refractivity contribution is -0.183. The van der Waals surface area contributed by atoms with Crippen LogP contribution in [0.2, 0.25) is 0 Å². The first-order valence-electron chi connectivity index (χ1n) is 14.4. The molecule has 222 valence electrons. The summed E-state index contributed by atoms with van der Waals surface area (Å²) < 4.78 is 5.23. The van der Waals surface area contributed by atoms with Crippen molar-refractivity contribution in [3.8, 4) is 0 Å². The molecule has 0 aromatic carbocycles. The van der Waals surface area contributed by atoms with E-state index in [1.807, 2.05) is 27.7 Å². The summed E-state index contributed by atoms with van der Waals surface area (Å²) in [4.78, 5) is 52.1. The molecule has 9 atom stereocenters. The highest BCUT2D eigenvalue weighted by Gasteiger charge is 2.74. The van der Waals surface area contributed by atoms with E-state index in [0.29, 0.717) is 12.8 Å². The van der Waals surface area contributed by atoms with Gasteiger partial charge in [-0.25, -0.2) is 0 Å². The summed E-state index contributed by atoms with van der Waals surface area (Å²) in [6.45, 7) is 15.4. The number of hydrogen-bond acceptors (Lipinski definition) is 8. The van der Waals surface area contributed by atoms with Crippen molar-refractivity contribution < 1.29 is 39.2 Å². The number of aliphatic hydroxyl groups is 3. The van der Waals surface area contributed by atoms with Gasteiger partial charge in [-0.15, -0.1) is 0 Å². The van der Waals surface area contributed by atoms with Crippen LogP contribution in [-0.4, -0.2) is 62.0 Å². The van der Waals surface area contributed by atoms with Crippen LogP contribution in [0.25, 0.3) is 0 Å². The van der Waals surface area contributed by atoms with Crippen molar-refractivity contribution >= 4 is 23.3 Å². The Morgan fingerprint density at radius 3 is 2.23 bits per heavy atom. The molecule has 4 aliphatic carbocycles. The lowest BCUT2D eigenvalue weighted by atomic mass is 9.38. The van der Waals surface area contributed by atoms with Crippen molar-refractivity contribution in [2.45, 2.75) is 111 Å². The molecule has 0 amide bonds. The summed E-state index contributed by atoms with van der Waals surface area (Å²) in [7, 11) is 0. The minimum Gasteiger partial charge on any atom is -0.456 e. The van der Waals surface area contributed by atoms with E-state index < -0.39 is 62.7 Å². The second-order valence-corrected chi connectivity index (χ2v) is 14.8. The van der Waals surface area contributed by atoms with E-state index in [2.05, 4.69) is 13.0 Å². The summed E-state index contributed by atoms with van der Waals surface area (Å²) in [6, 6.07) is 0. The summed E-state index contributed by atoms with van der Waals surface area (Å²) in [5, 5.41) is 34.0. The zero-order chi connectivity index (χ0) is 30.4. The zero-order valence-electron chi connectivity index (χ0n) is 25.3. The molecule has 0 unspecified atom stereocenters. The van der Waals surface area contributed by atoms with Crippen molar-refractivity contribution in [2.75, 3.05) is 0 Å². The van der Waals surface area contributed by atoms with Crippen molar-refractivity contribution in [2.24, 2.45) is 39.4 Å². The highest BCUT2D eigenvalue weighted by molar-refractivity contribution is 5.98. The molecule has 4 rings (SSSR count). The maximum atomic E-state index is 14.3. The number of Topliss-reactive ketones (excluding diaryl/α,β-unsaturated/α-hetero) is 2. The first-order valence-corrected chi connectivity index (χ1v) is 14.4. The third kappa shape index (κ3) is 4.11. The van der Waals surface area contributed by atoms with Gasteiger partial charge in [0.05, 0.1) is 6.10 Å². The first-order chi connectivity index (χ1) is 18.1. The number of ketones is 3. The van der Waals surface area contributed by atoms with Gasteiger partial charge in [-0.2, -0.15) is 0 Å². The van der Waals surface area contributed by atoms with Gasteiger partial charge in [-0.3, -0.25) is 19.2 Å². The Labute approximate surface area is 237 Å². The van der Waals surface area contributed by atoms with Crippen LogP contribution < -0.4 is 0 Å². The third-order valence-electron chi connectivity index (χ3n) is 11.5. The Hall–Kier alpha value is -2.16. The Morgan fingerprint density at radius 2 is 1.65 bits per heavy atom. The molecule has 3 fully saturated rings. The van der Waals surface area contributed by atoms with E-state index in [-0.39, 0.29) is 36.2 Å². The lowest BCUT2D eigenvalue weighted by Crippen LogP contribution is -2.65. The van der Waals surface area contributed by atoms with Gasteiger partial charge < -0.3 is 20.1 Å². The largest absolute Gasteiger partial charge is 0.456 e. The van der Waals surface area contributed by atoms with Gasteiger partial charge in [0.15, 0.2) is 11.6 Å². The smallest absolute Gasteiger partial charge is 0.303 e. The molecule has 0 spiro atoms. The van der Waals surface area contributed by atoms with Gasteiger partial charge in [0.1, 0.15) is 23.1 Å². The van der Waals surface area contributed by atoms with Crippen LogP contribution in [0.5, 0.6) is 0 Å². The maximum absolute atomic E-state index is 14.3. The fourth-order valence-electron chi connectivity index (χ4n) is 9.40. The monoisotopic (exact) mass is 558 g/mol. The Kier molecular flexibility index (Phi) is 7.06. The summed E-state index contributed by atoms with van der Waals surface area (Å²) >= 11 is 0. The topological polar surface area (TPSA) is 138 Å². The van der Waals surface area contributed by atoms with E-state index in [9.17, 15) is 34.5 Å². The minimum absolute atomic E-state index is 0.0284. The Bertz CT molecular complexity index is 1210. The van der Waals surface area contributed by atoms with Gasteiger partial charge in [-0.1, -0.05) is 32.4 Å². The third-order valence-corrected chi connectivity index (χ3v) is 11.5. The molecule has 0 radical (unpaired) electrons. The highest BCUT2D eigenvalue weighted by Crippen LogP contribution is 2.74. The van der Waals surface area contributed by atoms with E-state index >= 15 is 0 Å². The molecular formula is C32H46O8. The second-order valence-electron chi connectivity index (χ2n) is 14.8. The van der Waals surface area contributed by atoms with Gasteiger partial charge in [0.25, 0.3) is 0 Å². The fourth-order valence-corrected chi connectivity index (χ4v) is 9.40. The molecule has 8 heteroatoms. The van der Waals surface area contributed by atoms with Gasteiger partial charge in [-0.05, 0) is 88.7 Å². The molecule has 0 aromatic rings.